The highest BCUT2D eigenvalue weighted by Crippen LogP contribution is 2.22. The zero-order valence-corrected chi connectivity index (χ0v) is 12.5. The largest absolute Gasteiger partial charge is 0.398 e. The Labute approximate surface area is 119 Å². The molecule has 0 spiro atoms. The molecule has 0 aliphatic carbocycles. The van der Waals surface area contributed by atoms with Gasteiger partial charge in [0.25, 0.3) is 0 Å². The second-order valence-electron chi connectivity index (χ2n) is 4.22. The molecule has 20 heavy (non-hydrogen) atoms. The van der Waals surface area contributed by atoms with Crippen LogP contribution in [0.5, 0.6) is 0 Å². The SMILES string of the molecule is CCNC(=O)C(C)Nc1ccc(S(=O)(=O)NC)c(N)c1. The summed E-state index contributed by atoms with van der Waals surface area (Å²) in [4.78, 5) is 11.6. The maximum atomic E-state index is 11.7. The van der Waals surface area contributed by atoms with E-state index in [2.05, 4.69) is 15.4 Å². The molecule has 0 bridgehead atoms. The van der Waals surface area contributed by atoms with Gasteiger partial charge in [0, 0.05) is 12.2 Å². The van der Waals surface area contributed by atoms with Crippen LogP contribution in [0.4, 0.5) is 11.4 Å². The number of hydrogen-bond donors (Lipinski definition) is 4. The third-order valence-electron chi connectivity index (χ3n) is 2.70. The van der Waals surface area contributed by atoms with Gasteiger partial charge in [-0.3, -0.25) is 4.79 Å². The van der Waals surface area contributed by atoms with E-state index in [-0.39, 0.29) is 16.5 Å². The molecule has 0 aliphatic rings. The van der Waals surface area contributed by atoms with Crippen molar-refractivity contribution >= 4 is 27.3 Å². The molecule has 1 rings (SSSR count). The lowest BCUT2D eigenvalue weighted by atomic mass is 10.2. The fraction of sp³-hybridized carbons (Fsp3) is 0.417. The predicted octanol–water partition coefficient (Wildman–Crippen LogP) is 0.113. The molecule has 0 heterocycles. The molecular formula is C12H20N4O3S. The number of nitrogen functional groups attached to an aromatic ring is 1. The van der Waals surface area contributed by atoms with E-state index in [1.165, 1.54) is 19.2 Å². The summed E-state index contributed by atoms with van der Waals surface area (Å²) in [6.45, 7) is 4.09. The van der Waals surface area contributed by atoms with E-state index in [0.717, 1.165) is 0 Å². The number of carbonyl (C=O) groups excluding carboxylic acids is 1. The van der Waals surface area contributed by atoms with Gasteiger partial charge in [-0.25, -0.2) is 13.1 Å². The molecule has 0 aromatic heterocycles. The maximum Gasteiger partial charge on any atom is 0.242 e. The lowest BCUT2D eigenvalue weighted by Crippen LogP contribution is -2.37. The van der Waals surface area contributed by atoms with Gasteiger partial charge in [0.15, 0.2) is 0 Å². The monoisotopic (exact) mass is 300 g/mol. The molecule has 0 saturated carbocycles. The van der Waals surface area contributed by atoms with Crippen molar-refractivity contribution < 1.29 is 13.2 Å². The van der Waals surface area contributed by atoms with E-state index in [1.807, 2.05) is 6.92 Å². The van der Waals surface area contributed by atoms with Gasteiger partial charge < -0.3 is 16.4 Å². The Morgan fingerprint density at radius 3 is 2.55 bits per heavy atom. The molecule has 1 unspecified atom stereocenters. The molecule has 0 radical (unpaired) electrons. The third kappa shape index (κ3) is 3.84. The van der Waals surface area contributed by atoms with Gasteiger partial charge in [-0.1, -0.05) is 0 Å². The van der Waals surface area contributed by atoms with E-state index >= 15 is 0 Å². The van der Waals surface area contributed by atoms with Gasteiger partial charge >= 0.3 is 0 Å². The molecule has 1 amide bonds. The number of hydrogen-bond acceptors (Lipinski definition) is 5. The number of amides is 1. The Morgan fingerprint density at radius 2 is 2.05 bits per heavy atom. The highest BCUT2D eigenvalue weighted by molar-refractivity contribution is 7.89. The summed E-state index contributed by atoms with van der Waals surface area (Å²) in [6.07, 6.45) is 0. The number of likely N-dealkylation sites (N-methyl/N-ethyl adjacent to an activating group) is 1. The zero-order valence-electron chi connectivity index (χ0n) is 11.7. The molecule has 0 saturated heterocycles. The van der Waals surface area contributed by atoms with Crippen LogP contribution in [0.25, 0.3) is 0 Å². The fourth-order valence-electron chi connectivity index (χ4n) is 1.64. The van der Waals surface area contributed by atoms with Gasteiger partial charge in [0.05, 0.1) is 5.69 Å². The van der Waals surface area contributed by atoms with Crippen molar-refractivity contribution in [2.24, 2.45) is 0 Å². The lowest BCUT2D eigenvalue weighted by Gasteiger charge is -2.16. The first kappa shape index (κ1) is 16.3. The number of anilines is 2. The van der Waals surface area contributed by atoms with Crippen LogP contribution < -0.4 is 21.1 Å². The van der Waals surface area contributed by atoms with E-state index < -0.39 is 16.1 Å². The van der Waals surface area contributed by atoms with Crippen molar-refractivity contribution in [1.82, 2.24) is 10.0 Å². The Bertz CT molecular complexity index is 586. The summed E-state index contributed by atoms with van der Waals surface area (Å²) in [5.41, 5.74) is 6.43. The molecule has 1 aromatic rings. The molecule has 8 heteroatoms. The topological polar surface area (TPSA) is 113 Å². The Hall–Kier alpha value is -1.80. The van der Waals surface area contributed by atoms with Crippen molar-refractivity contribution in [3.8, 4) is 0 Å². The summed E-state index contributed by atoms with van der Waals surface area (Å²) in [6, 6.07) is 4.01. The van der Waals surface area contributed by atoms with Crippen LogP contribution >= 0.6 is 0 Å². The molecule has 112 valence electrons. The number of carbonyl (C=O) groups is 1. The number of nitrogens with two attached hydrogens (primary N) is 1. The molecule has 5 N–H and O–H groups in total. The van der Waals surface area contributed by atoms with Crippen LogP contribution in [-0.2, 0) is 14.8 Å². The lowest BCUT2D eigenvalue weighted by molar-refractivity contribution is -0.121. The summed E-state index contributed by atoms with van der Waals surface area (Å²) >= 11 is 0. The molecule has 0 aliphatic heterocycles. The van der Waals surface area contributed by atoms with Crippen LogP contribution in [0, 0.1) is 0 Å². The average molecular weight is 300 g/mol. The normalized spacial score (nSPS) is 12.8. The first-order valence-electron chi connectivity index (χ1n) is 6.19. The van der Waals surface area contributed by atoms with Crippen LogP contribution in [0.15, 0.2) is 23.1 Å². The third-order valence-corrected chi connectivity index (χ3v) is 4.18. The van der Waals surface area contributed by atoms with Gasteiger partial charge in [-0.05, 0) is 39.1 Å². The van der Waals surface area contributed by atoms with Crippen LogP contribution in [0.2, 0.25) is 0 Å². The van der Waals surface area contributed by atoms with Crippen LogP contribution in [0.1, 0.15) is 13.8 Å². The summed E-state index contributed by atoms with van der Waals surface area (Å²) in [7, 11) is -2.26. The first-order valence-corrected chi connectivity index (χ1v) is 7.67. The van der Waals surface area contributed by atoms with Crippen molar-refractivity contribution in [2.75, 3.05) is 24.6 Å². The van der Waals surface area contributed by atoms with E-state index in [9.17, 15) is 13.2 Å². The van der Waals surface area contributed by atoms with Crippen molar-refractivity contribution in [2.45, 2.75) is 24.8 Å². The second-order valence-corrected chi connectivity index (χ2v) is 6.08. The van der Waals surface area contributed by atoms with Gasteiger partial charge in [0.1, 0.15) is 10.9 Å². The van der Waals surface area contributed by atoms with E-state index in [4.69, 9.17) is 5.73 Å². The van der Waals surface area contributed by atoms with E-state index in [0.29, 0.717) is 12.2 Å². The Balaban J connectivity index is 2.91. The first-order chi connectivity index (χ1) is 9.31. The number of benzene rings is 1. The molecule has 0 fully saturated rings. The molecule has 1 atom stereocenters. The zero-order chi connectivity index (χ0) is 15.3. The predicted molar refractivity (Wildman–Crippen MR) is 78.9 cm³/mol. The van der Waals surface area contributed by atoms with E-state index in [1.54, 1.807) is 13.0 Å². The minimum Gasteiger partial charge on any atom is -0.398 e. The highest BCUT2D eigenvalue weighted by Gasteiger charge is 2.16. The van der Waals surface area contributed by atoms with Crippen molar-refractivity contribution in [3.63, 3.8) is 0 Å². The van der Waals surface area contributed by atoms with Crippen LogP contribution in [-0.4, -0.2) is 34.0 Å². The molecular weight excluding hydrogens is 280 g/mol. The quantitative estimate of drug-likeness (QED) is 0.557. The van der Waals surface area contributed by atoms with Gasteiger partial charge in [0.2, 0.25) is 15.9 Å². The molecule has 7 nitrogen and oxygen atoms in total. The van der Waals surface area contributed by atoms with Crippen molar-refractivity contribution in [1.29, 1.82) is 0 Å². The summed E-state index contributed by atoms with van der Waals surface area (Å²) < 4.78 is 25.5. The van der Waals surface area contributed by atoms with Crippen LogP contribution in [0.3, 0.4) is 0 Å². The standard InChI is InChI=1S/C12H20N4O3S/c1-4-15-12(17)8(2)16-9-5-6-11(10(13)7-9)20(18,19)14-3/h5-8,14,16H,4,13H2,1-3H3,(H,15,17). The smallest absolute Gasteiger partial charge is 0.242 e. The Kier molecular flexibility index (Phi) is 5.34. The minimum atomic E-state index is -3.58. The summed E-state index contributed by atoms with van der Waals surface area (Å²) in [5.74, 6) is -0.141. The molecule has 1 aromatic carbocycles. The van der Waals surface area contributed by atoms with Gasteiger partial charge in [-0.15, -0.1) is 0 Å². The highest BCUT2D eigenvalue weighted by atomic mass is 32.2. The second kappa shape index (κ2) is 6.58. The fourth-order valence-corrected chi connectivity index (χ4v) is 2.47. The Morgan fingerprint density at radius 1 is 1.40 bits per heavy atom. The summed E-state index contributed by atoms with van der Waals surface area (Å²) in [5, 5.41) is 5.64. The minimum absolute atomic E-state index is 0.0104. The maximum absolute atomic E-state index is 11.7. The number of sulfonamides is 1. The number of rotatable bonds is 6. The average Bonchev–Trinajstić information content (AvgIpc) is 2.38. The number of nitrogens with one attached hydrogen (secondary N) is 3. The van der Waals surface area contributed by atoms with Gasteiger partial charge in [-0.2, -0.15) is 0 Å². The van der Waals surface area contributed by atoms with Crippen molar-refractivity contribution in [3.05, 3.63) is 18.2 Å².